The summed E-state index contributed by atoms with van der Waals surface area (Å²) in [6.07, 6.45) is 6.61. The number of hydrogen-bond donors (Lipinski definition) is 3. The summed E-state index contributed by atoms with van der Waals surface area (Å²) in [5, 5.41) is 14.9. The molecule has 0 heterocycles. The van der Waals surface area contributed by atoms with Gasteiger partial charge in [-0.1, -0.05) is 24.4 Å². The van der Waals surface area contributed by atoms with Crippen LogP contribution in [-0.4, -0.2) is 36.2 Å². The minimum atomic E-state index is -0.356. The Labute approximate surface area is 120 Å². The Kier molecular flexibility index (Phi) is 7.36. The first-order valence-electron chi connectivity index (χ1n) is 7.38. The molecule has 1 rings (SSSR count). The summed E-state index contributed by atoms with van der Waals surface area (Å²) in [6, 6.07) is -0.356. The van der Waals surface area contributed by atoms with Crippen LogP contribution in [0.4, 0.5) is 0 Å². The summed E-state index contributed by atoms with van der Waals surface area (Å²) < 4.78 is 5.12. The van der Waals surface area contributed by atoms with Gasteiger partial charge in [-0.05, 0) is 32.1 Å². The number of hydrogen-bond acceptors (Lipinski definition) is 4. The number of carbonyl (C=O) groups is 1. The number of amidine groups is 1. The molecule has 0 aliphatic heterocycles. The molecule has 20 heavy (non-hydrogen) atoms. The van der Waals surface area contributed by atoms with Crippen LogP contribution in [0.25, 0.3) is 0 Å². The Bertz CT molecular complexity index is 328. The lowest BCUT2D eigenvalue weighted by Crippen LogP contribution is -2.49. The van der Waals surface area contributed by atoms with Crippen molar-refractivity contribution in [1.82, 2.24) is 5.32 Å². The molecule has 1 aliphatic carbocycles. The van der Waals surface area contributed by atoms with Gasteiger partial charge in [0, 0.05) is 13.5 Å². The molecule has 6 nitrogen and oxygen atoms in total. The molecule has 0 aromatic carbocycles. The number of nitrogens with zero attached hydrogens (tertiary/aromatic N) is 1. The monoisotopic (exact) mass is 285 g/mol. The Morgan fingerprint density at radius 2 is 2.10 bits per heavy atom. The normalized spacial score (nSPS) is 20.4. The highest BCUT2D eigenvalue weighted by Crippen LogP contribution is 2.26. The van der Waals surface area contributed by atoms with Crippen molar-refractivity contribution >= 4 is 11.7 Å². The minimum Gasteiger partial charge on any atom is -0.409 e. The Morgan fingerprint density at radius 1 is 1.45 bits per heavy atom. The van der Waals surface area contributed by atoms with Crippen LogP contribution in [-0.2, 0) is 9.53 Å². The number of rotatable bonds is 7. The predicted molar refractivity (Wildman–Crippen MR) is 77.6 cm³/mol. The van der Waals surface area contributed by atoms with Gasteiger partial charge in [0.25, 0.3) is 0 Å². The molecule has 6 heteroatoms. The maximum Gasteiger partial charge on any atom is 0.220 e. The molecule has 2 unspecified atom stereocenters. The van der Waals surface area contributed by atoms with Gasteiger partial charge in [0.2, 0.25) is 5.91 Å². The van der Waals surface area contributed by atoms with Crippen LogP contribution < -0.4 is 11.1 Å². The average molecular weight is 285 g/mol. The lowest BCUT2D eigenvalue weighted by atomic mass is 9.83. The molecule has 0 saturated heterocycles. The third kappa shape index (κ3) is 5.36. The summed E-state index contributed by atoms with van der Waals surface area (Å²) in [5.74, 6) is 0.296. The van der Waals surface area contributed by atoms with Crippen molar-refractivity contribution in [2.24, 2.45) is 16.8 Å². The molecule has 4 N–H and O–H groups in total. The van der Waals surface area contributed by atoms with E-state index in [-0.39, 0.29) is 29.8 Å². The maximum absolute atomic E-state index is 12.0. The van der Waals surface area contributed by atoms with Crippen molar-refractivity contribution in [2.75, 3.05) is 7.11 Å². The van der Waals surface area contributed by atoms with Crippen LogP contribution >= 0.6 is 0 Å². The largest absolute Gasteiger partial charge is 0.409 e. The average Bonchev–Trinajstić information content (AvgIpc) is 2.50. The Hall–Kier alpha value is -1.30. The zero-order valence-corrected chi connectivity index (χ0v) is 12.5. The van der Waals surface area contributed by atoms with Crippen LogP contribution in [0.15, 0.2) is 5.16 Å². The highest BCUT2D eigenvalue weighted by molar-refractivity contribution is 5.90. The topological polar surface area (TPSA) is 96.9 Å². The lowest BCUT2D eigenvalue weighted by Gasteiger charge is -2.30. The van der Waals surface area contributed by atoms with Gasteiger partial charge in [-0.15, -0.1) is 0 Å². The van der Waals surface area contributed by atoms with Gasteiger partial charge >= 0.3 is 0 Å². The van der Waals surface area contributed by atoms with Gasteiger partial charge in [0.05, 0.1) is 12.1 Å². The van der Waals surface area contributed by atoms with Gasteiger partial charge in [-0.3, -0.25) is 4.79 Å². The number of amides is 1. The van der Waals surface area contributed by atoms with E-state index in [1.54, 1.807) is 7.11 Å². The zero-order valence-electron chi connectivity index (χ0n) is 12.5. The van der Waals surface area contributed by atoms with Gasteiger partial charge in [0.15, 0.2) is 5.84 Å². The number of nitrogens with one attached hydrogen (secondary N) is 1. The molecule has 1 aliphatic rings. The highest BCUT2D eigenvalue weighted by atomic mass is 16.5. The van der Waals surface area contributed by atoms with Crippen LogP contribution in [0, 0.1) is 5.92 Å². The van der Waals surface area contributed by atoms with E-state index < -0.39 is 0 Å². The van der Waals surface area contributed by atoms with Gasteiger partial charge < -0.3 is 21.0 Å². The first-order valence-corrected chi connectivity index (χ1v) is 7.38. The second-order valence-electron chi connectivity index (χ2n) is 5.55. The predicted octanol–water partition coefficient (Wildman–Crippen LogP) is 1.61. The van der Waals surface area contributed by atoms with Crippen LogP contribution in [0.1, 0.15) is 51.9 Å². The first-order chi connectivity index (χ1) is 9.58. The van der Waals surface area contributed by atoms with Crippen molar-refractivity contribution in [1.29, 1.82) is 0 Å². The van der Waals surface area contributed by atoms with E-state index in [9.17, 15) is 4.79 Å². The number of ether oxygens (including phenoxy) is 1. The van der Waals surface area contributed by atoms with E-state index in [0.29, 0.717) is 12.8 Å². The smallest absolute Gasteiger partial charge is 0.220 e. The Morgan fingerprint density at radius 3 is 2.65 bits per heavy atom. The summed E-state index contributed by atoms with van der Waals surface area (Å²) in [6.45, 7) is 1.93. The minimum absolute atomic E-state index is 0.0535. The highest BCUT2D eigenvalue weighted by Gasteiger charge is 2.28. The summed E-state index contributed by atoms with van der Waals surface area (Å²) in [4.78, 5) is 12.0. The fraction of sp³-hybridized carbons (Fsp3) is 0.857. The molecule has 0 spiro atoms. The van der Waals surface area contributed by atoms with Crippen LogP contribution in [0.3, 0.4) is 0 Å². The molecule has 1 amide bonds. The number of oxime groups is 1. The van der Waals surface area contributed by atoms with Crippen molar-refractivity contribution in [3.63, 3.8) is 0 Å². The Balaban J connectivity index is 2.53. The van der Waals surface area contributed by atoms with E-state index in [1.807, 2.05) is 6.92 Å². The summed E-state index contributed by atoms with van der Waals surface area (Å²) >= 11 is 0. The fourth-order valence-corrected chi connectivity index (χ4v) is 2.66. The maximum atomic E-state index is 12.0. The molecule has 116 valence electrons. The molecule has 0 radical (unpaired) electrons. The summed E-state index contributed by atoms with van der Waals surface area (Å²) in [5.41, 5.74) is 5.74. The zero-order chi connectivity index (χ0) is 15.0. The summed E-state index contributed by atoms with van der Waals surface area (Å²) in [7, 11) is 1.63. The molecule has 0 aromatic rings. The van der Waals surface area contributed by atoms with Gasteiger partial charge in [0.1, 0.15) is 0 Å². The van der Waals surface area contributed by atoms with E-state index in [1.165, 1.54) is 6.42 Å². The molecular weight excluding hydrogens is 258 g/mol. The van der Waals surface area contributed by atoms with E-state index >= 15 is 0 Å². The van der Waals surface area contributed by atoms with Crippen molar-refractivity contribution in [2.45, 2.75) is 64.0 Å². The first kappa shape index (κ1) is 16.8. The van der Waals surface area contributed by atoms with Gasteiger partial charge in [-0.25, -0.2) is 0 Å². The van der Waals surface area contributed by atoms with Crippen molar-refractivity contribution < 1.29 is 14.7 Å². The third-order valence-corrected chi connectivity index (χ3v) is 4.05. The van der Waals surface area contributed by atoms with Crippen LogP contribution in [0.2, 0.25) is 0 Å². The molecular formula is C14H27N3O3. The second kappa shape index (κ2) is 8.79. The molecule has 0 bridgehead atoms. The third-order valence-electron chi connectivity index (χ3n) is 4.05. The lowest BCUT2D eigenvalue weighted by molar-refractivity contribution is -0.122. The number of nitrogens with two attached hydrogens (primary N) is 1. The van der Waals surface area contributed by atoms with Crippen molar-refractivity contribution in [3.05, 3.63) is 0 Å². The van der Waals surface area contributed by atoms with E-state index in [2.05, 4.69) is 10.5 Å². The molecule has 1 saturated carbocycles. The number of methoxy groups -OCH3 is 1. The quantitative estimate of drug-likeness (QED) is 0.286. The molecule has 1 fully saturated rings. The standard InChI is InChI=1S/C14H27N3O3/c1-10(20-2)8-9-12(18)16-13(14(15)17-19)11-6-4-3-5-7-11/h10-11,13,19H,3-9H2,1-2H3,(H2,15,17)(H,16,18). The number of carbonyl (C=O) groups excluding carboxylic acids is 1. The van der Waals surface area contributed by atoms with Crippen molar-refractivity contribution in [3.8, 4) is 0 Å². The van der Waals surface area contributed by atoms with E-state index in [0.717, 1.165) is 25.7 Å². The fourth-order valence-electron chi connectivity index (χ4n) is 2.66. The second-order valence-corrected chi connectivity index (χ2v) is 5.55. The van der Waals surface area contributed by atoms with E-state index in [4.69, 9.17) is 15.7 Å². The van der Waals surface area contributed by atoms with Gasteiger partial charge in [-0.2, -0.15) is 0 Å². The molecule has 2 atom stereocenters. The SMILES string of the molecule is COC(C)CCC(=O)NC(C(N)=NO)C1CCCCC1. The molecule has 0 aromatic heterocycles. The van der Waals surface area contributed by atoms with Crippen LogP contribution in [0.5, 0.6) is 0 Å².